The first-order chi connectivity index (χ1) is 35.1. The zero-order chi connectivity index (χ0) is 52.2. The predicted octanol–water partition coefficient (Wildman–Crippen LogP) is 8.78. The summed E-state index contributed by atoms with van der Waals surface area (Å²) < 4.78 is 1.62. The number of unbranched alkanes of at least 4 members (excludes halogenated alkanes) is 27. The number of carbonyl (C=O) groups is 4. The SMILES string of the molecule is CCCCCCCCCCCC(=O)NCCC[N+](C)(CCCCCCCCCC)CN1CCCC1=O.CCCCCCCCCCCCCCCC(=O)NCCC[N+](C)(CN1CCCC1=O)c1ccccc1.[Cl-].[Cl-]. The van der Waals surface area contributed by atoms with Crippen molar-refractivity contribution in [1.82, 2.24) is 24.9 Å². The number of likely N-dealkylation sites (tertiary alicyclic amines) is 2. The molecule has 0 aromatic heterocycles. The number of para-hydroxylation sites is 1. The summed E-state index contributed by atoms with van der Waals surface area (Å²) in [5, 5.41) is 6.28. The van der Waals surface area contributed by atoms with Crippen LogP contribution in [0.5, 0.6) is 0 Å². The van der Waals surface area contributed by atoms with Gasteiger partial charge in [0.05, 0.1) is 33.7 Å². The maximum Gasteiger partial charge on any atom is 0.226 e. The minimum Gasteiger partial charge on any atom is -1.00 e. The smallest absolute Gasteiger partial charge is 0.226 e. The number of hydrogen-bond donors (Lipinski definition) is 2. The highest BCUT2D eigenvalue weighted by molar-refractivity contribution is 5.78. The first-order valence-corrected chi connectivity index (χ1v) is 30.9. The molecule has 1 aromatic carbocycles. The van der Waals surface area contributed by atoms with Gasteiger partial charge in [0.1, 0.15) is 5.69 Å². The van der Waals surface area contributed by atoms with Crippen molar-refractivity contribution >= 4 is 29.3 Å². The monoisotopic (exact) mass is 1080 g/mol. The molecule has 4 amide bonds. The molecule has 3 rings (SSSR count). The maximum absolute atomic E-state index is 12.3. The van der Waals surface area contributed by atoms with Crippen LogP contribution >= 0.6 is 0 Å². The Labute approximate surface area is 468 Å². The van der Waals surface area contributed by atoms with Crippen LogP contribution in [0.15, 0.2) is 30.3 Å². The van der Waals surface area contributed by atoms with Crippen molar-refractivity contribution in [2.45, 2.75) is 265 Å². The van der Waals surface area contributed by atoms with Gasteiger partial charge in [-0.1, -0.05) is 206 Å². The molecule has 12 heteroatoms. The molecule has 2 aliphatic heterocycles. The summed E-state index contributed by atoms with van der Waals surface area (Å²) in [6.45, 7) is 14.6. The summed E-state index contributed by atoms with van der Waals surface area (Å²) in [5.41, 5.74) is 1.22. The lowest BCUT2D eigenvalue weighted by molar-refractivity contribution is -0.918. The molecule has 0 bridgehead atoms. The van der Waals surface area contributed by atoms with Crippen LogP contribution in [0.25, 0.3) is 0 Å². The van der Waals surface area contributed by atoms with Gasteiger partial charge in [-0.25, -0.2) is 0 Å². The molecule has 432 valence electrons. The minimum absolute atomic E-state index is 0. The number of halogens is 2. The average molecular weight is 1080 g/mol. The summed E-state index contributed by atoms with van der Waals surface area (Å²) >= 11 is 0. The van der Waals surface area contributed by atoms with Crippen LogP contribution in [-0.4, -0.2) is 111 Å². The van der Waals surface area contributed by atoms with E-state index in [0.29, 0.717) is 49.3 Å². The van der Waals surface area contributed by atoms with Crippen molar-refractivity contribution in [2.24, 2.45) is 0 Å². The largest absolute Gasteiger partial charge is 1.00 e. The zero-order valence-electron chi connectivity index (χ0n) is 48.8. The van der Waals surface area contributed by atoms with Crippen LogP contribution in [0.4, 0.5) is 5.69 Å². The fraction of sp³-hybridized carbons (Fsp3) is 0.839. The minimum atomic E-state index is 0. The number of benzene rings is 1. The van der Waals surface area contributed by atoms with E-state index in [4.69, 9.17) is 0 Å². The van der Waals surface area contributed by atoms with Gasteiger partial charge in [-0.2, -0.15) is 0 Å². The Bertz CT molecular complexity index is 1510. The number of quaternary nitrogens is 2. The number of carbonyl (C=O) groups excluding carboxylic acids is 4. The summed E-state index contributed by atoms with van der Waals surface area (Å²) in [6, 6.07) is 10.5. The van der Waals surface area contributed by atoms with E-state index in [1.165, 1.54) is 179 Å². The molecule has 2 atom stereocenters. The fourth-order valence-electron chi connectivity index (χ4n) is 10.9. The number of rotatable bonds is 46. The van der Waals surface area contributed by atoms with Gasteiger partial charge in [0.15, 0.2) is 13.3 Å². The summed E-state index contributed by atoms with van der Waals surface area (Å²) in [4.78, 5) is 53.1. The van der Waals surface area contributed by atoms with Gasteiger partial charge in [-0.15, -0.1) is 0 Å². The lowest BCUT2D eigenvalue weighted by atomic mass is 10.0. The van der Waals surface area contributed by atoms with E-state index in [9.17, 15) is 19.2 Å². The molecule has 2 fully saturated rings. The molecule has 2 N–H and O–H groups in total. The topological polar surface area (TPSA) is 98.8 Å². The Morgan fingerprint density at radius 3 is 1.16 bits per heavy atom. The Morgan fingerprint density at radius 1 is 0.446 bits per heavy atom. The third kappa shape index (κ3) is 36.6. The molecule has 0 radical (unpaired) electrons. The van der Waals surface area contributed by atoms with E-state index < -0.39 is 0 Å². The van der Waals surface area contributed by atoms with Gasteiger partial charge in [-0.05, 0) is 50.7 Å². The van der Waals surface area contributed by atoms with E-state index in [-0.39, 0.29) is 42.5 Å². The highest BCUT2D eigenvalue weighted by Crippen LogP contribution is 2.24. The van der Waals surface area contributed by atoms with Crippen molar-refractivity contribution in [1.29, 1.82) is 0 Å². The molecule has 2 unspecified atom stereocenters. The van der Waals surface area contributed by atoms with E-state index >= 15 is 0 Å². The zero-order valence-corrected chi connectivity index (χ0v) is 50.3. The average Bonchev–Trinajstić information content (AvgIpc) is 3.98. The quantitative estimate of drug-likeness (QED) is 0.0505. The predicted molar refractivity (Wildman–Crippen MR) is 307 cm³/mol. The Morgan fingerprint density at radius 2 is 0.784 bits per heavy atom. The fourth-order valence-corrected chi connectivity index (χ4v) is 10.9. The van der Waals surface area contributed by atoms with E-state index in [1.807, 2.05) is 11.0 Å². The molecule has 0 aliphatic carbocycles. The lowest BCUT2D eigenvalue weighted by Gasteiger charge is -2.38. The molecule has 0 saturated carbocycles. The van der Waals surface area contributed by atoms with Crippen molar-refractivity contribution < 1.29 is 48.5 Å². The lowest BCUT2D eigenvalue weighted by Crippen LogP contribution is -3.00. The first-order valence-electron chi connectivity index (χ1n) is 30.9. The Hall–Kier alpha value is -2.40. The second-order valence-corrected chi connectivity index (χ2v) is 22.8. The van der Waals surface area contributed by atoms with Gasteiger partial charge in [0, 0.05) is 64.7 Å². The summed E-state index contributed by atoms with van der Waals surface area (Å²) in [7, 11) is 4.52. The molecule has 2 heterocycles. The number of nitrogens with one attached hydrogen (secondary N) is 2. The van der Waals surface area contributed by atoms with E-state index in [0.717, 1.165) is 95.4 Å². The number of hydrogen-bond acceptors (Lipinski definition) is 4. The van der Waals surface area contributed by atoms with Crippen molar-refractivity contribution in [3.63, 3.8) is 0 Å². The summed E-state index contributed by atoms with van der Waals surface area (Å²) in [6.07, 6.45) is 46.0. The number of amides is 4. The second-order valence-electron chi connectivity index (χ2n) is 22.8. The molecular weight excluding hydrogens is 964 g/mol. The molecule has 74 heavy (non-hydrogen) atoms. The van der Waals surface area contributed by atoms with Crippen LogP contribution in [0, 0.1) is 0 Å². The second kappa shape index (κ2) is 47.8. The third-order valence-corrected chi connectivity index (χ3v) is 15.6. The van der Waals surface area contributed by atoms with Crippen LogP contribution in [0.2, 0.25) is 0 Å². The normalized spacial score (nSPS) is 14.9. The third-order valence-electron chi connectivity index (χ3n) is 15.6. The van der Waals surface area contributed by atoms with Crippen molar-refractivity contribution in [3.05, 3.63) is 30.3 Å². The molecule has 2 saturated heterocycles. The van der Waals surface area contributed by atoms with Gasteiger partial charge < -0.3 is 39.9 Å². The maximum atomic E-state index is 12.3. The molecule has 10 nitrogen and oxygen atoms in total. The van der Waals surface area contributed by atoms with Crippen LogP contribution in [0.3, 0.4) is 0 Å². The highest BCUT2D eigenvalue weighted by atomic mass is 35.5. The van der Waals surface area contributed by atoms with Gasteiger partial charge in [-0.3, -0.25) is 33.5 Å². The summed E-state index contributed by atoms with van der Waals surface area (Å²) in [5.74, 6) is 0.984. The Kier molecular flexibility index (Phi) is 46.2. The van der Waals surface area contributed by atoms with Gasteiger partial charge in [0.25, 0.3) is 0 Å². The van der Waals surface area contributed by atoms with Gasteiger partial charge >= 0.3 is 0 Å². The standard InChI is InChI=1S/C31H53N3O2.C31H61N3O2.2ClH/c1-3-4-5-6-7-8-9-10-11-12-13-14-18-23-30(35)32-25-20-27-34(2,29-21-16-15-17-22-29)28-33-26-19-24-31(33)36;1-4-6-8-10-12-14-15-17-19-23-30(35)32-25-22-28-34(3,29-33-26-21-24-31(33)36)27-20-18-16-13-11-9-7-5-2;;/h15-17,21-22H,3-14,18-20,23-28H2,1-2H3;4-29H2,1-3H3;2*1H. The molecule has 1 aromatic rings. The highest BCUT2D eigenvalue weighted by Gasteiger charge is 2.32. The van der Waals surface area contributed by atoms with Crippen LogP contribution < -0.4 is 39.9 Å². The first kappa shape index (κ1) is 71.6. The van der Waals surface area contributed by atoms with Gasteiger partial charge in [0.2, 0.25) is 23.6 Å². The Balaban J connectivity index is 0.00000140. The molecule has 2 aliphatic rings. The van der Waals surface area contributed by atoms with E-state index in [1.54, 1.807) is 0 Å². The molecular formula is C62H116Cl2N6O4. The van der Waals surface area contributed by atoms with Crippen molar-refractivity contribution in [3.8, 4) is 0 Å². The molecule has 0 spiro atoms. The van der Waals surface area contributed by atoms with Crippen LogP contribution in [-0.2, 0) is 19.2 Å². The number of nitrogens with zero attached hydrogens (tertiary/aromatic N) is 4. The van der Waals surface area contributed by atoms with Crippen LogP contribution in [0.1, 0.15) is 265 Å². The van der Waals surface area contributed by atoms with Crippen molar-refractivity contribution in [2.75, 3.05) is 73.2 Å². The van der Waals surface area contributed by atoms with E-state index in [2.05, 4.69) is 74.7 Å².